The first-order valence-electron chi connectivity index (χ1n) is 6.29. The smallest absolute Gasteiger partial charge is 0.0900 e. The summed E-state index contributed by atoms with van der Waals surface area (Å²) >= 11 is 1.81. The lowest BCUT2D eigenvalue weighted by Crippen LogP contribution is -2.22. The van der Waals surface area contributed by atoms with Gasteiger partial charge in [0.2, 0.25) is 0 Å². The molecule has 1 rings (SSSR count). The number of nitrogens with one attached hydrogen (secondary N) is 1. The van der Waals surface area contributed by atoms with Crippen molar-refractivity contribution in [2.45, 2.75) is 52.5 Å². The largest absolute Gasteiger partial charge is 0.309 e. The van der Waals surface area contributed by atoms with Gasteiger partial charge in [0.25, 0.3) is 0 Å². The maximum absolute atomic E-state index is 5.31. The molecule has 0 saturated heterocycles. The third kappa shape index (κ3) is 4.49. The molecule has 0 amide bonds. The summed E-state index contributed by atoms with van der Waals surface area (Å²) in [4.78, 5) is 5.89. The van der Waals surface area contributed by atoms with Gasteiger partial charge in [-0.05, 0) is 39.7 Å². The second-order valence-electron chi connectivity index (χ2n) is 4.29. The highest BCUT2D eigenvalue weighted by molar-refractivity contribution is 7.11. The zero-order valence-corrected chi connectivity index (χ0v) is 11.9. The molecular weight excluding hydrogens is 228 g/mol. The summed E-state index contributed by atoms with van der Waals surface area (Å²) in [7, 11) is 0. The molecule has 0 aliphatic rings. The van der Waals surface area contributed by atoms with Gasteiger partial charge in [-0.2, -0.15) is 0 Å². The van der Waals surface area contributed by atoms with Crippen molar-refractivity contribution in [1.82, 2.24) is 10.3 Å². The highest BCUT2D eigenvalue weighted by Crippen LogP contribution is 2.28. The quantitative estimate of drug-likeness (QED) is 0.591. The van der Waals surface area contributed by atoms with Gasteiger partial charge in [0, 0.05) is 17.3 Å². The van der Waals surface area contributed by atoms with E-state index in [4.69, 9.17) is 6.42 Å². The molecule has 1 aromatic rings. The first-order valence-corrected chi connectivity index (χ1v) is 7.11. The number of nitrogens with zero attached hydrogens (tertiary/aromatic N) is 1. The molecule has 0 bridgehead atoms. The summed E-state index contributed by atoms with van der Waals surface area (Å²) in [5, 5.41) is 4.75. The second kappa shape index (κ2) is 7.47. The molecule has 1 aromatic heterocycles. The molecule has 0 aliphatic carbocycles. The summed E-state index contributed by atoms with van der Waals surface area (Å²) < 4.78 is 0. The van der Waals surface area contributed by atoms with E-state index in [9.17, 15) is 0 Å². The number of aromatic nitrogens is 1. The Morgan fingerprint density at radius 3 is 2.76 bits per heavy atom. The summed E-state index contributed by atoms with van der Waals surface area (Å²) in [5.74, 6) is 2.71. The van der Waals surface area contributed by atoms with Crippen molar-refractivity contribution in [2.24, 2.45) is 0 Å². The van der Waals surface area contributed by atoms with Crippen molar-refractivity contribution in [1.29, 1.82) is 0 Å². The summed E-state index contributed by atoms with van der Waals surface area (Å²) in [5.41, 5.74) is 1.17. The number of rotatable bonds is 7. The molecule has 17 heavy (non-hydrogen) atoms. The molecule has 0 fully saturated rings. The summed E-state index contributed by atoms with van der Waals surface area (Å²) in [6.45, 7) is 7.41. The Labute approximate surface area is 109 Å². The van der Waals surface area contributed by atoms with Crippen LogP contribution in [0.3, 0.4) is 0 Å². The van der Waals surface area contributed by atoms with Crippen LogP contribution in [0.1, 0.15) is 54.2 Å². The predicted octanol–water partition coefficient (Wildman–Crippen LogP) is 3.60. The topological polar surface area (TPSA) is 24.9 Å². The predicted molar refractivity (Wildman–Crippen MR) is 75.3 cm³/mol. The number of terminal acetylenes is 1. The van der Waals surface area contributed by atoms with Gasteiger partial charge in [0.05, 0.1) is 10.7 Å². The van der Waals surface area contributed by atoms with Crippen LogP contribution in [0.5, 0.6) is 0 Å². The molecule has 2 nitrogen and oxygen atoms in total. The van der Waals surface area contributed by atoms with Gasteiger partial charge in [0.15, 0.2) is 0 Å². The maximum Gasteiger partial charge on any atom is 0.0900 e. The van der Waals surface area contributed by atoms with E-state index in [1.807, 2.05) is 0 Å². The molecule has 1 heterocycles. The van der Waals surface area contributed by atoms with Gasteiger partial charge < -0.3 is 5.32 Å². The molecule has 3 heteroatoms. The van der Waals surface area contributed by atoms with Crippen molar-refractivity contribution in [3.8, 4) is 12.3 Å². The van der Waals surface area contributed by atoms with Crippen molar-refractivity contribution < 1.29 is 0 Å². The molecule has 1 N–H and O–H groups in total. The van der Waals surface area contributed by atoms with Crippen LogP contribution in [0.15, 0.2) is 0 Å². The second-order valence-corrected chi connectivity index (χ2v) is 5.52. The third-order valence-electron chi connectivity index (χ3n) is 2.71. The van der Waals surface area contributed by atoms with Gasteiger partial charge in [-0.25, -0.2) is 4.98 Å². The van der Waals surface area contributed by atoms with E-state index in [-0.39, 0.29) is 0 Å². The fraction of sp³-hybridized carbons (Fsp3) is 0.643. The Bertz CT molecular complexity index is 376. The minimum absolute atomic E-state index is 0.425. The molecule has 0 spiro atoms. The van der Waals surface area contributed by atoms with Crippen molar-refractivity contribution >= 4 is 11.3 Å². The maximum atomic E-state index is 5.31. The Balaban J connectivity index is 2.68. The Hall–Kier alpha value is -0.850. The van der Waals surface area contributed by atoms with E-state index in [0.29, 0.717) is 6.04 Å². The SMILES string of the molecule is C#CCCCC(NCCC)c1sc(C)nc1C. The third-order valence-corrected chi connectivity index (χ3v) is 3.90. The van der Waals surface area contributed by atoms with E-state index in [1.54, 1.807) is 11.3 Å². The summed E-state index contributed by atoms with van der Waals surface area (Å²) in [6.07, 6.45) is 9.51. The first-order chi connectivity index (χ1) is 8.19. The normalized spacial score (nSPS) is 12.4. The van der Waals surface area contributed by atoms with Crippen molar-refractivity contribution in [3.05, 3.63) is 15.6 Å². The lowest BCUT2D eigenvalue weighted by Gasteiger charge is -2.17. The van der Waals surface area contributed by atoms with Crippen LogP contribution in [0.25, 0.3) is 0 Å². The lowest BCUT2D eigenvalue weighted by molar-refractivity contribution is 0.491. The van der Waals surface area contributed by atoms with Gasteiger partial charge >= 0.3 is 0 Å². The highest BCUT2D eigenvalue weighted by Gasteiger charge is 2.16. The van der Waals surface area contributed by atoms with Crippen LogP contribution in [-0.4, -0.2) is 11.5 Å². The van der Waals surface area contributed by atoms with E-state index >= 15 is 0 Å². The van der Waals surface area contributed by atoms with Crippen LogP contribution in [-0.2, 0) is 0 Å². The Morgan fingerprint density at radius 2 is 2.24 bits per heavy atom. The number of hydrogen-bond acceptors (Lipinski definition) is 3. The average Bonchev–Trinajstić information content (AvgIpc) is 2.63. The van der Waals surface area contributed by atoms with Gasteiger partial charge in [-0.3, -0.25) is 0 Å². The minimum atomic E-state index is 0.425. The van der Waals surface area contributed by atoms with Crippen LogP contribution >= 0.6 is 11.3 Å². The monoisotopic (exact) mass is 250 g/mol. The molecule has 0 radical (unpaired) electrons. The fourth-order valence-corrected chi connectivity index (χ4v) is 2.96. The van der Waals surface area contributed by atoms with Crippen LogP contribution in [0.2, 0.25) is 0 Å². The Kier molecular flexibility index (Phi) is 6.25. The van der Waals surface area contributed by atoms with E-state index < -0.39 is 0 Å². The number of thiazole rings is 1. The molecule has 94 valence electrons. The van der Waals surface area contributed by atoms with Gasteiger partial charge in [0.1, 0.15) is 0 Å². The Morgan fingerprint density at radius 1 is 1.47 bits per heavy atom. The standard InChI is InChI=1S/C14H22N2S/c1-5-7-8-9-13(15-10-6-2)14-11(3)16-12(4)17-14/h1,13,15H,6-10H2,2-4H3. The molecule has 0 aromatic carbocycles. The summed E-state index contributed by atoms with van der Waals surface area (Å²) in [6, 6.07) is 0.425. The lowest BCUT2D eigenvalue weighted by atomic mass is 10.1. The first kappa shape index (κ1) is 14.2. The number of aryl methyl sites for hydroxylation is 2. The molecule has 1 atom stereocenters. The molecule has 1 unspecified atom stereocenters. The van der Waals surface area contributed by atoms with E-state index in [0.717, 1.165) is 37.2 Å². The van der Waals surface area contributed by atoms with Crippen LogP contribution < -0.4 is 5.32 Å². The van der Waals surface area contributed by atoms with Gasteiger partial charge in [-0.1, -0.05) is 6.92 Å². The average molecular weight is 250 g/mol. The van der Waals surface area contributed by atoms with E-state index in [2.05, 4.69) is 37.0 Å². The minimum Gasteiger partial charge on any atom is -0.309 e. The van der Waals surface area contributed by atoms with Crippen molar-refractivity contribution in [3.63, 3.8) is 0 Å². The van der Waals surface area contributed by atoms with Crippen LogP contribution in [0.4, 0.5) is 0 Å². The van der Waals surface area contributed by atoms with E-state index in [1.165, 1.54) is 10.6 Å². The highest BCUT2D eigenvalue weighted by atomic mass is 32.1. The molecule has 0 aliphatic heterocycles. The zero-order chi connectivity index (χ0) is 12.7. The zero-order valence-electron chi connectivity index (χ0n) is 11.0. The van der Waals surface area contributed by atoms with Crippen LogP contribution in [0, 0.1) is 26.2 Å². The van der Waals surface area contributed by atoms with Crippen molar-refractivity contribution in [2.75, 3.05) is 6.54 Å². The molecular formula is C14H22N2S. The number of hydrogen-bond donors (Lipinski definition) is 1. The number of unbranched alkanes of at least 4 members (excludes halogenated alkanes) is 1. The molecule has 0 saturated carbocycles. The fourth-order valence-electron chi connectivity index (χ4n) is 1.92. The van der Waals surface area contributed by atoms with Gasteiger partial charge in [-0.15, -0.1) is 23.7 Å².